The van der Waals surface area contributed by atoms with Crippen molar-refractivity contribution in [3.8, 4) is 5.69 Å². The van der Waals surface area contributed by atoms with Crippen LogP contribution in [0.25, 0.3) is 11.3 Å². The van der Waals surface area contributed by atoms with Crippen LogP contribution in [0.2, 0.25) is 0 Å². The maximum Gasteiger partial charge on any atom is 0.434 e. The van der Waals surface area contributed by atoms with E-state index in [1.807, 2.05) is 5.32 Å². The molecule has 0 spiro atoms. The summed E-state index contributed by atoms with van der Waals surface area (Å²) in [6.07, 6.45) is -6.14. The standard InChI is InChI=1S/C19H10F6N6O2/c20-18(21,22)13-8-10(3-5-26-13)29-17(33)11-9-28-31(15(11)19(23,24)25)12-2-1-7-30-14(32)4-6-27-16(12)30/h1-9H,(H,26,29,33). The van der Waals surface area contributed by atoms with Gasteiger partial charge in [0.15, 0.2) is 11.3 Å². The number of fused-ring (bicyclic) bond motifs is 1. The second kappa shape index (κ2) is 7.72. The van der Waals surface area contributed by atoms with Gasteiger partial charge >= 0.3 is 12.4 Å². The second-order valence-corrected chi connectivity index (χ2v) is 6.57. The topological polar surface area (TPSA) is 94.2 Å². The molecular formula is C19H10F6N6O2. The number of anilines is 1. The molecule has 0 saturated heterocycles. The number of hydrogen-bond donors (Lipinski definition) is 1. The van der Waals surface area contributed by atoms with Crippen molar-refractivity contribution in [2.75, 3.05) is 5.32 Å². The molecule has 0 unspecified atom stereocenters. The van der Waals surface area contributed by atoms with E-state index in [0.29, 0.717) is 16.9 Å². The largest absolute Gasteiger partial charge is 0.434 e. The fourth-order valence-electron chi connectivity index (χ4n) is 3.04. The van der Waals surface area contributed by atoms with Crippen LogP contribution in [0, 0.1) is 0 Å². The quantitative estimate of drug-likeness (QED) is 0.464. The number of carbonyl (C=O) groups excluding carboxylic acids is 1. The Morgan fingerprint density at radius 1 is 0.970 bits per heavy atom. The van der Waals surface area contributed by atoms with Crippen LogP contribution in [0.3, 0.4) is 0 Å². The van der Waals surface area contributed by atoms with Crippen LogP contribution in [-0.2, 0) is 12.4 Å². The first-order chi connectivity index (χ1) is 15.5. The van der Waals surface area contributed by atoms with Gasteiger partial charge in [-0.25, -0.2) is 9.67 Å². The number of pyridine rings is 2. The van der Waals surface area contributed by atoms with Crippen LogP contribution >= 0.6 is 0 Å². The van der Waals surface area contributed by atoms with Crippen molar-refractivity contribution in [2.45, 2.75) is 12.4 Å². The molecule has 0 saturated carbocycles. The Kier molecular flexibility index (Phi) is 5.14. The smallest absolute Gasteiger partial charge is 0.322 e. The lowest BCUT2D eigenvalue weighted by molar-refractivity contribution is -0.143. The molecule has 0 aliphatic rings. The zero-order chi connectivity index (χ0) is 24.0. The van der Waals surface area contributed by atoms with E-state index < -0.39 is 46.5 Å². The Bertz CT molecular complexity index is 1420. The van der Waals surface area contributed by atoms with E-state index in [2.05, 4.69) is 15.1 Å². The molecule has 0 aliphatic heterocycles. The molecule has 0 aliphatic carbocycles. The van der Waals surface area contributed by atoms with Gasteiger partial charge in [-0.05, 0) is 24.3 Å². The number of nitrogens with one attached hydrogen (secondary N) is 1. The Balaban J connectivity index is 1.81. The summed E-state index contributed by atoms with van der Waals surface area (Å²) >= 11 is 0. The lowest BCUT2D eigenvalue weighted by atomic mass is 10.2. The van der Waals surface area contributed by atoms with Gasteiger partial charge in [0.2, 0.25) is 0 Å². The fourth-order valence-corrected chi connectivity index (χ4v) is 3.04. The van der Waals surface area contributed by atoms with E-state index in [1.54, 1.807) is 0 Å². The van der Waals surface area contributed by atoms with Crippen molar-refractivity contribution >= 4 is 17.2 Å². The summed E-state index contributed by atoms with van der Waals surface area (Å²) < 4.78 is 81.7. The van der Waals surface area contributed by atoms with Crippen molar-refractivity contribution in [1.82, 2.24) is 24.1 Å². The highest BCUT2D eigenvalue weighted by Crippen LogP contribution is 2.35. The average molecular weight is 468 g/mol. The van der Waals surface area contributed by atoms with Gasteiger partial charge in [0.25, 0.3) is 11.5 Å². The van der Waals surface area contributed by atoms with Crippen LogP contribution in [0.4, 0.5) is 32.0 Å². The zero-order valence-corrected chi connectivity index (χ0v) is 16.0. The Hall–Kier alpha value is -4.23. The predicted octanol–water partition coefficient (Wildman–Crippen LogP) is 3.57. The summed E-state index contributed by atoms with van der Waals surface area (Å²) in [5, 5.41) is 5.63. The highest BCUT2D eigenvalue weighted by Gasteiger charge is 2.41. The first kappa shape index (κ1) is 22.0. The molecule has 4 aromatic heterocycles. The summed E-state index contributed by atoms with van der Waals surface area (Å²) in [5.74, 6) is -1.35. The predicted molar refractivity (Wildman–Crippen MR) is 101 cm³/mol. The molecule has 4 rings (SSSR count). The number of carbonyl (C=O) groups is 1. The van der Waals surface area contributed by atoms with Crippen LogP contribution in [0.1, 0.15) is 21.7 Å². The van der Waals surface area contributed by atoms with Gasteiger partial charge in [-0.1, -0.05) is 0 Å². The van der Waals surface area contributed by atoms with E-state index in [0.717, 1.165) is 28.9 Å². The van der Waals surface area contributed by atoms with Crippen molar-refractivity contribution in [2.24, 2.45) is 0 Å². The molecule has 0 radical (unpaired) electrons. The lowest BCUT2D eigenvalue weighted by Gasteiger charge is -2.14. The van der Waals surface area contributed by atoms with Gasteiger partial charge in [-0.15, -0.1) is 0 Å². The van der Waals surface area contributed by atoms with Gasteiger partial charge in [-0.3, -0.25) is 19.0 Å². The monoisotopic (exact) mass is 468 g/mol. The van der Waals surface area contributed by atoms with E-state index in [9.17, 15) is 35.9 Å². The minimum Gasteiger partial charge on any atom is -0.322 e. The molecule has 1 amide bonds. The number of hydrogen-bond acceptors (Lipinski definition) is 5. The van der Waals surface area contributed by atoms with E-state index >= 15 is 0 Å². The van der Waals surface area contributed by atoms with Crippen LogP contribution in [0.15, 0.2) is 59.9 Å². The first-order valence-corrected chi connectivity index (χ1v) is 8.93. The minimum absolute atomic E-state index is 0.158. The molecular weight excluding hydrogens is 458 g/mol. The molecule has 0 bridgehead atoms. The van der Waals surface area contributed by atoms with Gasteiger partial charge in [0.1, 0.15) is 11.4 Å². The summed E-state index contributed by atoms with van der Waals surface area (Å²) in [4.78, 5) is 31.6. The van der Waals surface area contributed by atoms with Crippen LogP contribution in [0.5, 0.6) is 0 Å². The van der Waals surface area contributed by atoms with Gasteiger partial charge in [0, 0.05) is 30.3 Å². The number of halogens is 6. The normalized spacial score (nSPS) is 12.2. The second-order valence-electron chi connectivity index (χ2n) is 6.57. The van der Waals surface area contributed by atoms with Gasteiger partial charge < -0.3 is 5.32 Å². The Morgan fingerprint density at radius 2 is 1.70 bits per heavy atom. The third-order valence-electron chi connectivity index (χ3n) is 4.42. The Labute approximate surface area is 179 Å². The van der Waals surface area contributed by atoms with E-state index in [4.69, 9.17) is 0 Å². The van der Waals surface area contributed by atoms with Crippen molar-refractivity contribution in [3.05, 3.63) is 82.4 Å². The van der Waals surface area contributed by atoms with Crippen molar-refractivity contribution < 1.29 is 31.1 Å². The molecule has 14 heteroatoms. The average Bonchev–Trinajstić information content (AvgIpc) is 3.19. The molecule has 170 valence electrons. The molecule has 0 aromatic carbocycles. The molecule has 0 atom stereocenters. The molecule has 8 nitrogen and oxygen atoms in total. The van der Waals surface area contributed by atoms with E-state index in [1.165, 1.54) is 18.3 Å². The highest BCUT2D eigenvalue weighted by atomic mass is 19.4. The molecule has 0 fully saturated rings. The highest BCUT2D eigenvalue weighted by molar-refractivity contribution is 6.05. The molecule has 4 aromatic rings. The van der Waals surface area contributed by atoms with Crippen molar-refractivity contribution in [1.29, 1.82) is 0 Å². The number of alkyl halides is 6. The SMILES string of the molecule is O=C(Nc1ccnc(C(F)(F)F)c1)c1cnn(-c2cccn3c(=O)ccnc23)c1C(F)(F)F. The summed E-state index contributed by atoms with van der Waals surface area (Å²) in [6, 6.07) is 5.09. The number of aromatic nitrogens is 5. The zero-order valence-electron chi connectivity index (χ0n) is 16.0. The summed E-state index contributed by atoms with van der Waals surface area (Å²) in [6.45, 7) is 0. The minimum atomic E-state index is -5.10. The lowest BCUT2D eigenvalue weighted by Crippen LogP contribution is -2.22. The third-order valence-corrected chi connectivity index (χ3v) is 4.42. The summed E-state index contributed by atoms with van der Waals surface area (Å²) in [7, 11) is 0. The third kappa shape index (κ3) is 4.14. The van der Waals surface area contributed by atoms with Crippen molar-refractivity contribution in [3.63, 3.8) is 0 Å². The maximum atomic E-state index is 13.9. The summed E-state index contributed by atoms with van der Waals surface area (Å²) in [5.41, 5.74) is -5.16. The van der Waals surface area contributed by atoms with Crippen LogP contribution < -0.4 is 10.9 Å². The number of nitrogens with zero attached hydrogens (tertiary/aromatic N) is 5. The molecule has 33 heavy (non-hydrogen) atoms. The fraction of sp³-hybridized carbons (Fsp3) is 0.105. The van der Waals surface area contributed by atoms with Gasteiger partial charge in [-0.2, -0.15) is 31.4 Å². The number of amides is 1. The molecule has 4 heterocycles. The first-order valence-electron chi connectivity index (χ1n) is 8.93. The Morgan fingerprint density at radius 3 is 2.39 bits per heavy atom. The molecule has 1 N–H and O–H groups in total. The number of rotatable bonds is 3. The van der Waals surface area contributed by atoms with E-state index in [-0.39, 0.29) is 11.3 Å². The van der Waals surface area contributed by atoms with Crippen LogP contribution in [-0.4, -0.2) is 30.1 Å². The maximum absolute atomic E-state index is 13.9. The van der Waals surface area contributed by atoms with Gasteiger partial charge in [0.05, 0.1) is 11.8 Å².